The molecule has 1 saturated heterocycles. The Kier molecular flexibility index (Phi) is 5.54. The summed E-state index contributed by atoms with van der Waals surface area (Å²) in [4.78, 5) is 39.2. The van der Waals surface area contributed by atoms with Crippen LogP contribution in [0.4, 0.5) is 4.79 Å². The second-order valence-electron chi connectivity index (χ2n) is 8.63. The van der Waals surface area contributed by atoms with Gasteiger partial charge in [0.25, 0.3) is 5.91 Å². The maximum atomic E-state index is 13.1. The molecule has 2 heterocycles. The lowest BCUT2D eigenvalue weighted by Crippen LogP contribution is -2.43. The number of amides is 4. The molecule has 8 heteroatoms. The van der Waals surface area contributed by atoms with Crippen LogP contribution in [0.25, 0.3) is 0 Å². The van der Waals surface area contributed by atoms with Gasteiger partial charge in [0.1, 0.15) is 12.1 Å². The molecule has 2 N–H and O–H groups in total. The molecule has 2 aliphatic heterocycles. The standard InChI is InChI=1S/C24H27N3O5/c1-14(2)16-5-7-17(8-6-16)15(3)25-21(28)12-27-22(29)24(4,26-23(27)30)18-9-10-19-20(11-18)32-13-31-19/h5-11,14-15H,12-13H2,1-4H3,(H,25,28)(H,26,30)/t15-,24+/m0/s1. The van der Waals surface area contributed by atoms with Crippen molar-refractivity contribution in [3.63, 3.8) is 0 Å². The molecule has 8 nitrogen and oxygen atoms in total. The first-order chi connectivity index (χ1) is 15.2. The molecule has 0 radical (unpaired) electrons. The third-order valence-corrected chi connectivity index (χ3v) is 6.01. The van der Waals surface area contributed by atoms with Crippen molar-refractivity contribution in [3.05, 3.63) is 59.2 Å². The number of hydrogen-bond donors (Lipinski definition) is 2. The zero-order valence-corrected chi connectivity index (χ0v) is 18.6. The summed E-state index contributed by atoms with van der Waals surface area (Å²) in [5.41, 5.74) is 1.43. The van der Waals surface area contributed by atoms with E-state index in [-0.39, 0.29) is 19.4 Å². The van der Waals surface area contributed by atoms with Crippen molar-refractivity contribution in [2.24, 2.45) is 0 Å². The summed E-state index contributed by atoms with van der Waals surface area (Å²) in [7, 11) is 0. The van der Waals surface area contributed by atoms with Gasteiger partial charge in [-0.25, -0.2) is 4.79 Å². The van der Waals surface area contributed by atoms with Crippen LogP contribution < -0.4 is 20.1 Å². The molecule has 2 aromatic rings. The molecule has 0 saturated carbocycles. The molecule has 32 heavy (non-hydrogen) atoms. The fourth-order valence-electron chi connectivity index (χ4n) is 3.93. The SMILES string of the molecule is CC(C)c1ccc([C@H](C)NC(=O)CN2C(=O)N[C@](C)(c3ccc4c(c3)OCO4)C2=O)cc1. The minimum atomic E-state index is -1.30. The van der Waals surface area contributed by atoms with Crippen LogP contribution in [0.3, 0.4) is 0 Å². The number of nitrogens with zero attached hydrogens (tertiary/aromatic N) is 1. The lowest BCUT2D eigenvalue weighted by atomic mass is 9.91. The molecule has 0 aliphatic carbocycles. The van der Waals surface area contributed by atoms with Gasteiger partial charge in [0.2, 0.25) is 12.7 Å². The molecule has 2 aromatic carbocycles. The first-order valence-electron chi connectivity index (χ1n) is 10.6. The number of hydrogen-bond acceptors (Lipinski definition) is 5. The van der Waals surface area contributed by atoms with E-state index in [1.54, 1.807) is 25.1 Å². The summed E-state index contributed by atoms with van der Waals surface area (Å²) >= 11 is 0. The Morgan fingerprint density at radius 1 is 1.06 bits per heavy atom. The fourth-order valence-corrected chi connectivity index (χ4v) is 3.93. The van der Waals surface area contributed by atoms with Crippen molar-refractivity contribution < 1.29 is 23.9 Å². The van der Waals surface area contributed by atoms with Crippen LogP contribution in [0, 0.1) is 0 Å². The first kappa shape index (κ1) is 21.7. The minimum Gasteiger partial charge on any atom is -0.454 e. The van der Waals surface area contributed by atoms with Crippen LogP contribution in [0.1, 0.15) is 56.3 Å². The lowest BCUT2D eigenvalue weighted by Gasteiger charge is -2.22. The van der Waals surface area contributed by atoms with Crippen LogP contribution in [-0.2, 0) is 15.1 Å². The van der Waals surface area contributed by atoms with Gasteiger partial charge in [-0.15, -0.1) is 0 Å². The summed E-state index contributed by atoms with van der Waals surface area (Å²) in [6.45, 7) is 7.47. The topological polar surface area (TPSA) is 97.0 Å². The van der Waals surface area contributed by atoms with Gasteiger partial charge in [0.05, 0.1) is 6.04 Å². The second-order valence-corrected chi connectivity index (χ2v) is 8.63. The van der Waals surface area contributed by atoms with Crippen LogP contribution >= 0.6 is 0 Å². The molecule has 2 aliphatic rings. The zero-order chi connectivity index (χ0) is 23.0. The Balaban J connectivity index is 1.43. The molecule has 0 aromatic heterocycles. The Hall–Kier alpha value is -3.55. The van der Waals surface area contributed by atoms with Crippen LogP contribution in [0.5, 0.6) is 11.5 Å². The van der Waals surface area contributed by atoms with E-state index >= 15 is 0 Å². The highest BCUT2D eigenvalue weighted by atomic mass is 16.7. The van der Waals surface area contributed by atoms with E-state index in [0.717, 1.165) is 10.5 Å². The molecule has 0 unspecified atom stereocenters. The van der Waals surface area contributed by atoms with E-state index in [1.807, 2.05) is 31.2 Å². The van der Waals surface area contributed by atoms with E-state index in [2.05, 4.69) is 24.5 Å². The third-order valence-electron chi connectivity index (χ3n) is 6.01. The van der Waals surface area contributed by atoms with Gasteiger partial charge in [-0.2, -0.15) is 0 Å². The van der Waals surface area contributed by atoms with Gasteiger partial charge in [0, 0.05) is 0 Å². The maximum Gasteiger partial charge on any atom is 0.325 e. The monoisotopic (exact) mass is 437 g/mol. The number of ether oxygens (including phenoxy) is 2. The van der Waals surface area contributed by atoms with E-state index in [1.165, 1.54) is 5.56 Å². The summed E-state index contributed by atoms with van der Waals surface area (Å²) in [5, 5.41) is 5.57. The van der Waals surface area contributed by atoms with Gasteiger partial charge in [-0.05, 0) is 48.6 Å². The smallest absolute Gasteiger partial charge is 0.325 e. The fraction of sp³-hybridized carbons (Fsp3) is 0.375. The molecule has 168 valence electrons. The maximum absolute atomic E-state index is 13.1. The van der Waals surface area contributed by atoms with E-state index in [4.69, 9.17) is 9.47 Å². The Morgan fingerprint density at radius 3 is 2.41 bits per heavy atom. The number of carbonyl (C=O) groups excluding carboxylic acids is 3. The first-order valence-corrected chi connectivity index (χ1v) is 10.6. The van der Waals surface area contributed by atoms with Crippen LogP contribution in [0.15, 0.2) is 42.5 Å². The van der Waals surface area contributed by atoms with Crippen LogP contribution in [-0.4, -0.2) is 36.1 Å². The third kappa shape index (κ3) is 3.88. The van der Waals surface area contributed by atoms with Crippen molar-refractivity contribution in [1.82, 2.24) is 15.5 Å². The average molecular weight is 437 g/mol. The Bertz CT molecular complexity index is 1070. The molecular formula is C24H27N3O5. The summed E-state index contributed by atoms with van der Waals surface area (Å²) in [6, 6.07) is 12.2. The number of nitrogens with one attached hydrogen (secondary N) is 2. The number of fused-ring (bicyclic) bond motifs is 1. The number of rotatable bonds is 6. The lowest BCUT2D eigenvalue weighted by molar-refractivity contribution is -0.135. The highest BCUT2D eigenvalue weighted by Gasteiger charge is 2.50. The second kappa shape index (κ2) is 8.18. The molecule has 2 atom stereocenters. The Morgan fingerprint density at radius 2 is 1.72 bits per heavy atom. The highest BCUT2D eigenvalue weighted by molar-refractivity contribution is 6.09. The molecule has 1 fully saturated rings. The van der Waals surface area contributed by atoms with Crippen molar-refractivity contribution >= 4 is 17.8 Å². The summed E-state index contributed by atoms with van der Waals surface area (Å²) in [5.74, 6) is 0.613. The van der Waals surface area contributed by atoms with Gasteiger partial charge >= 0.3 is 6.03 Å². The quantitative estimate of drug-likeness (QED) is 0.677. The van der Waals surface area contributed by atoms with Gasteiger partial charge in [-0.3, -0.25) is 14.5 Å². The van der Waals surface area contributed by atoms with E-state index < -0.39 is 23.4 Å². The van der Waals surface area contributed by atoms with Crippen molar-refractivity contribution in [2.75, 3.05) is 13.3 Å². The van der Waals surface area contributed by atoms with Gasteiger partial charge in [0.15, 0.2) is 11.5 Å². The highest BCUT2D eigenvalue weighted by Crippen LogP contribution is 2.37. The number of carbonyl (C=O) groups is 3. The normalized spacial score (nSPS) is 20.5. The van der Waals surface area contributed by atoms with Crippen molar-refractivity contribution in [2.45, 2.75) is 45.2 Å². The molecular weight excluding hydrogens is 410 g/mol. The van der Waals surface area contributed by atoms with Gasteiger partial charge < -0.3 is 20.1 Å². The number of urea groups is 1. The summed E-state index contributed by atoms with van der Waals surface area (Å²) in [6.07, 6.45) is 0. The molecule has 4 amide bonds. The van der Waals surface area contributed by atoms with Crippen molar-refractivity contribution in [1.29, 1.82) is 0 Å². The number of benzene rings is 2. The van der Waals surface area contributed by atoms with Crippen LogP contribution in [0.2, 0.25) is 0 Å². The molecule has 4 rings (SSSR count). The van der Waals surface area contributed by atoms with E-state index in [9.17, 15) is 14.4 Å². The summed E-state index contributed by atoms with van der Waals surface area (Å²) < 4.78 is 10.7. The zero-order valence-electron chi connectivity index (χ0n) is 18.6. The predicted octanol–water partition coefficient (Wildman–Crippen LogP) is 3.18. The van der Waals surface area contributed by atoms with Gasteiger partial charge in [-0.1, -0.05) is 44.2 Å². The average Bonchev–Trinajstić information content (AvgIpc) is 3.32. The predicted molar refractivity (Wildman–Crippen MR) is 117 cm³/mol. The van der Waals surface area contributed by atoms with E-state index in [0.29, 0.717) is 23.0 Å². The largest absolute Gasteiger partial charge is 0.454 e. The molecule has 0 bridgehead atoms. The number of imide groups is 1. The van der Waals surface area contributed by atoms with Crippen molar-refractivity contribution in [3.8, 4) is 11.5 Å². The molecule has 0 spiro atoms. The minimum absolute atomic E-state index is 0.112. The Labute approximate surface area is 186 Å².